The third kappa shape index (κ3) is 8.65. The number of ether oxygens (including phenoxy) is 6. The maximum atomic E-state index is 14.2. The fourth-order valence-corrected chi connectivity index (χ4v) is 19.2. The average Bonchev–Trinajstić information content (AvgIpc) is 2.69. The standard InChI is InChI=1S/2C32H44O7/c2*1-18(2)28(36)37-17-25(35)32-26(38-29(39-32)19-8-6-5-7-9-19)15-23-22-11-10-20-14-21(33)12-13-30(20,3)27(22)24(34)16-31(23,32)4/h2*12-14,18-19,22-24,26-27,29,34H,5-11,15-17H2,1-4H3/t22?,23?,24-,26+,27?,29+,30-,31-,32+;22?,23?,24-,26+,27?,29-,30-,31-,32+/m00/s1. The molecule has 0 aromatic heterocycles. The molecule has 12 rings (SSSR count). The first kappa shape index (κ1) is 56.2. The van der Waals surface area contributed by atoms with Gasteiger partial charge in [0.25, 0.3) is 0 Å². The number of carbonyl (C=O) groups is 6. The van der Waals surface area contributed by atoms with Gasteiger partial charge in [-0.05, 0) is 125 Å². The van der Waals surface area contributed by atoms with Crippen molar-refractivity contribution >= 4 is 35.1 Å². The van der Waals surface area contributed by atoms with Gasteiger partial charge < -0.3 is 38.6 Å². The number of allylic oxidation sites excluding steroid dienone is 8. The van der Waals surface area contributed by atoms with Gasteiger partial charge in [0.15, 0.2) is 48.6 Å². The van der Waals surface area contributed by atoms with Crippen LogP contribution in [0.4, 0.5) is 0 Å². The quantitative estimate of drug-likeness (QED) is 0.196. The van der Waals surface area contributed by atoms with E-state index >= 15 is 0 Å². The van der Waals surface area contributed by atoms with Gasteiger partial charge in [-0.25, -0.2) is 0 Å². The van der Waals surface area contributed by atoms with Crippen LogP contribution < -0.4 is 0 Å². The molecule has 78 heavy (non-hydrogen) atoms. The van der Waals surface area contributed by atoms with Crippen molar-refractivity contribution in [1.82, 2.24) is 0 Å². The molecule has 14 heteroatoms. The molecule has 0 radical (unpaired) electrons. The van der Waals surface area contributed by atoms with E-state index in [1.54, 1.807) is 52.0 Å². The van der Waals surface area contributed by atoms with Crippen LogP contribution in [-0.2, 0) is 57.2 Å². The summed E-state index contributed by atoms with van der Waals surface area (Å²) in [6.45, 7) is 14.9. The summed E-state index contributed by atoms with van der Waals surface area (Å²) in [4.78, 5) is 77.5. The lowest BCUT2D eigenvalue weighted by molar-refractivity contribution is -0.210. The van der Waals surface area contributed by atoms with Crippen LogP contribution in [0, 0.1) is 80.8 Å². The first-order valence-corrected chi connectivity index (χ1v) is 30.3. The summed E-state index contributed by atoms with van der Waals surface area (Å²) in [5.74, 6) is -0.942. The van der Waals surface area contributed by atoms with Crippen molar-refractivity contribution in [3.63, 3.8) is 0 Å². The Bertz CT molecular complexity index is 2380. The largest absolute Gasteiger partial charge is 0.457 e. The summed E-state index contributed by atoms with van der Waals surface area (Å²) >= 11 is 0. The molecule has 12 aliphatic rings. The van der Waals surface area contributed by atoms with Crippen LogP contribution >= 0.6 is 0 Å². The highest BCUT2D eigenvalue weighted by atomic mass is 16.8. The molecule has 8 saturated carbocycles. The van der Waals surface area contributed by atoms with Gasteiger partial charge in [0.1, 0.15) is 0 Å². The van der Waals surface area contributed by atoms with E-state index in [2.05, 4.69) is 27.7 Å². The molecule has 10 fully saturated rings. The monoisotopic (exact) mass is 1080 g/mol. The molecule has 2 heterocycles. The van der Waals surface area contributed by atoms with E-state index in [1.165, 1.54) is 12.8 Å². The Morgan fingerprint density at radius 2 is 0.949 bits per heavy atom. The van der Waals surface area contributed by atoms with Gasteiger partial charge in [0.05, 0.1) is 36.3 Å². The summed E-state index contributed by atoms with van der Waals surface area (Å²) in [6, 6.07) is 0. The third-order valence-corrected chi connectivity index (χ3v) is 23.0. The number of aliphatic hydroxyl groups excluding tert-OH is 2. The summed E-state index contributed by atoms with van der Waals surface area (Å²) in [5, 5.41) is 23.7. The minimum atomic E-state index is -1.25. The minimum absolute atomic E-state index is 0.0162. The van der Waals surface area contributed by atoms with Gasteiger partial charge in [-0.15, -0.1) is 0 Å². The van der Waals surface area contributed by atoms with Crippen molar-refractivity contribution in [3.05, 3.63) is 47.6 Å². The Labute approximate surface area is 461 Å². The molecule has 0 amide bonds. The third-order valence-electron chi connectivity index (χ3n) is 23.0. The molecule has 10 aliphatic carbocycles. The van der Waals surface area contributed by atoms with Gasteiger partial charge in [0, 0.05) is 45.3 Å². The van der Waals surface area contributed by atoms with Gasteiger partial charge in [-0.3, -0.25) is 28.8 Å². The molecule has 0 aromatic rings. The second-order valence-electron chi connectivity index (χ2n) is 27.8. The number of hydrogen-bond acceptors (Lipinski definition) is 14. The number of rotatable bonds is 10. The fourth-order valence-electron chi connectivity index (χ4n) is 19.2. The van der Waals surface area contributed by atoms with E-state index < -0.39 is 71.0 Å². The van der Waals surface area contributed by atoms with Crippen LogP contribution in [0.25, 0.3) is 0 Å². The van der Waals surface area contributed by atoms with E-state index in [-0.39, 0.29) is 106 Å². The Kier molecular flexibility index (Phi) is 14.9. The summed E-state index contributed by atoms with van der Waals surface area (Å²) in [5.41, 5.74) is -2.38. The van der Waals surface area contributed by atoms with Crippen molar-refractivity contribution in [3.8, 4) is 0 Å². The smallest absolute Gasteiger partial charge is 0.308 e. The molecular weight excluding hydrogens is 993 g/mol. The maximum absolute atomic E-state index is 14.2. The van der Waals surface area contributed by atoms with Gasteiger partial charge in [-0.1, -0.05) is 117 Å². The van der Waals surface area contributed by atoms with E-state index in [4.69, 9.17) is 28.4 Å². The summed E-state index contributed by atoms with van der Waals surface area (Å²) in [6.07, 6.45) is 24.3. The van der Waals surface area contributed by atoms with Crippen molar-refractivity contribution in [2.24, 2.45) is 80.8 Å². The Balaban J connectivity index is 0.000000165. The lowest BCUT2D eigenvalue weighted by atomic mass is 9.46. The van der Waals surface area contributed by atoms with Crippen LogP contribution in [-0.4, -0.2) is 107 Å². The number of carbonyl (C=O) groups excluding carboxylic acids is 6. The maximum Gasteiger partial charge on any atom is 0.308 e. The second-order valence-corrected chi connectivity index (χ2v) is 27.8. The molecule has 428 valence electrons. The second kappa shape index (κ2) is 20.6. The zero-order chi connectivity index (χ0) is 55.5. The number of ketones is 4. The van der Waals surface area contributed by atoms with Crippen molar-refractivity contribution in [1.29, 1.82) is 0 Å². The van der Waals surface area contributed by atoms with Crippen molar-refractivity contribution < 1.29 is 67.4 Å². The Hall–Kier alpha value is -3.66. The zero-order valence-corrected chi connectivity index (χ0v) is 47.6. The molecule has 0 bridgehead atoms. The van der Waals surface area contributed by atoms with Gasteiger partial charge in [-0.2, -0.15) is 0 Å². The van der Waals surface area contributed by atoms with Gasteiger partial charge in [0.2, 0.25) is 11.6 Å². The number of fused-ring (bicyclic) bond motifs is 14. The van der Waals surface area contributed by atoms with Gasteiger partial charge >= 0.3 is 11.9 Å². The summed E-state index contributed by atoms with van der Waals surface area (Å²) in [7, 11) is 0. The molecule has 14 nitrogen and oxygen atoms in total. The van der Waals surface area contributed by atoms with Crippen molar-refractivity contribution in [2.45, 2.75) is 219 Å². The van der Waals surface area contributed by atoms with Crippen LogP contribution in [0.3, 0.4) is 0 Å². The Morgan fingerprint density at radius 1 is 0.577 bits per heavy atom. The van der Waals surface area contributed by atoms with Crippen molar-refractivity contribution in [2.75, 3.05) is 13.2 Å². The van der Waals surface area contributed by atoms with E-state index in [1.807, 2.05) is 12.2 Å². The lowest BCUT2D eigenvalue weighted by Crippen LogP contribution is -2.63. The molecule has 2 N–H and O–H groups in total. The normalized spacial score (nSPS) is 45.3. The first-order chi connectivity index (χ1) is 37.0. The van der Waals surface area contributed by atoms with E-state index in [0.29, 0.717) is 25.7 Å². The number of Topliss-reactive ketones (excluding diaryl/α,β-unsaturated/α-hetero) is 2. The topological polar surface area (TPSA) is 198 Å². The summed E-state index contributed by atoms with van der Waals surface area (Å²) < 4.78 is 38.1. The average molecular weight is 1080 g/mol. The predicted octanol–water partition coefficient (Wildman–Crippen LogP) is 9.41. The van der Waals surface area contributed by atoms with Crippen LogP contribution in [0.2, 0.25) is 0 Å². The number of hydrogen-bond donors (Lipinski definition) is 2. The zero-order valence-electron chi connectivity index (χ0n) is 47.6. The molecule has 2 aliphatic heterocycles. The first-order valence-electron chi connectivity index (χ1n) is 30.3. The molecule has 6 unspecified atom stereocenters. The van der Waals surface area contributed by atoms with E-state index in [0.717, 1.165) is 88.2 Å². The highest BCUT2D eigenvalue weighted by Gasteiger charge is 2.78. The predicted molar refractivity (Wildman–Crippen MR) is 286 cm³/mol. The van der Waals surface area contributed by atoms with Crippen LogP contribution in [0.15, 0.2) is 47.6 Å². The molecule has 0 aromatic carbocycles. The van der Waals surface area contributed by atoms with Crippen LogP contribution in [0.1, 0.15) is 171 Å². The highest BCUT2D eigenvalue weighted by molar-refractivity contribution is 6.02. The minimum Gasteiger partial charge on any atom is -0.457 e. The van der Waals surface area contributed by atoms with E-state index in [9.17, 15) is 39.0 Å². The fraction of sp³-hybridized carbons (Fsp3) is 0.781. The lowest BCUT2D eigenvalue weighted by Gasteiger charge is -2.59. The molecular formula is C64H88O14. The molecule has 2 saturated heterocycles. The Morgan fingerprint density at radius 3 is 1.31 bits per heavy atom. The number of esters is 2. The molecule has 0 spiro atoms. The van der Waals surface area contributed by atoms with Crippen LogP contribution in [0.5, 0.6) is 0 Å². The SMILES string of the molecule is CC(C)C(=O)OCC(=O)[C@@]12O[C@@H](C3CCCCC3)O[C@@H]1CC1C3CCC4=CC(=O)C=C[C@]4(C)C3[C@@H](O)C[C@@]12C.CC(C)C(=O)OCC(=O)[C@@]12O[C@H](C3CCCCC3)O[C@@H]1CC1C3CCC4=CC(=O)C=C[C@]4(C)C3[C@@H](O)C[C@@]12C. The highest BCUT2D eigenvalue weighted by Crippen LogP contribution is 2.72. The number of aliphatic hydroxyl groups is 2. The molecule has 18 atom stereocenters.